The van der Waals surface area contributed by atoms with Gasteiger partial charge in [0.05, 0.1) is 5.69 Å². The van der Waals surface area contributed by atoms with Crippen molar-refractivity contribution >= 4 is 16.8 Å². The lowest BCUT2D eigenvalue weighted by molar-refractivity contribution is 0.439. The van der Waals surface area contributed by atoms with Crippen LogP contribution in [0.1, 0.15) is 0 Å². The first-order valence-corrected chi connectivity index (χ1v) is 4.77. The third kappa shape index (κ3) is 1.30. The molecule has 1 aromatic carbocycles. The highest BCUT2D eigenvalue weighted by Crippen LogP contribution is 2.26. The van der Waals surface area contributed by atoms with Crippen molar-refractivity contribution in [2.24, 2.45) is 0 Å². The fourth-order valence-electron chi connectivity index (χ4n) is 1.67. The summed E-state index contributed by atoms with van der Waals surface area (Å²) in [4.78, 5) is 3.13. The van der Waals surface area contributed by atoms with Crippen LogP contribution in [-0.2, 0) is 0 Å². The molecular weight excluding hydrogens is 206 g/mol. The Bertz CT molecular complexity index is 654. The lowest BCUT2D eigenvalue weighted by Crippen LogP contribution is -1.76. The minimum absolute atomic E-state index is 0.223. The van der Waals surface area contributed by atoms with Crippen molar-refractivity contribution in [3.05, 3.63) is 30.3 Å². The number of phenols is 1. The van der Waals surface area contributed by atoms with Gasteiger partial charge in [-0.25, -0.2) is 0 Å². The van der Waals surface area contributed by atoms with Crippen LogP contribution < -0.4 is 5.73 Å². The summed E-state index contributed by atoms with van der Waals surface area (Å²) >= 11 is 0. The van der Waals surface area contributed by atoms with Gasteiger partial charge < -0.3 is 20.3 Å². The molecule has 16 heavy (non-hydrogen) atoms. The Balaban J connectivity index is 2.18. The number of aromatic amines is 1. The summed E-state index contributed by atoms with van der Waals surface area (Å²) in [6.45, 7) is 0. The molecule has 0 spiro atoms. The molecule has 0 atom stereocenters. The molecule has 0 bridgehead atoms. The van der Waals surface area contributed by atoms with E-state index < -0.39 is 0 Å². The van der Waals surface area contributed by atoms with E-state index in [1.54, 1.807) is 18.2 Å². The number of hydrogen-bond acceptors (Lipinski definition) is 4. The zero-order valence-corrected chi connectivity index (χ0v) is 8.27. The predicted octanol–water partition coefficient (Wildman–Crippen LogP) is 2.11. The highest BCUT2D eigenvalue weighted by Gasteiger charge is 2.07. The van der Waals surface area contributed by atoms with Crippen LogP contribution in [0.15, 0.2) is 34.9 Å². The largest absolute Gasteiger partial charge is 0.508 e. The van der Waals surface area contributed by atoms with E-state index in [1.807, 2.05) is 12.1 Å². The third-order valence-electron chi connectivity index (χ3n) is 2.41. The van der Waals surface area contributed by atoms with E-state index >= 15 is 0 Å². The molecule has 5 heteroatoms. The summed E-state index contributed by atoms with van der Waals surface area (Å²) in [5.74, 6) is 0.497. The Labute approximate surface area is 90.5 Å². The van der Waals surface area contributed by atoms with Gasteiger partial charge in [-0.1, -0.05) is 5.16 Å². The van der Waals surface area contributed by atoms with Gasteiger partial charge in [0, 0.05) is 23.0 Å². The summed E-state index contributed by atoms with van der Waals surface area (Å²) in [6, 6.07) is 8.68. The molecule has 0 fully saturated rings. The number of nitrogens with zero attached hydrogens (tertiary/aromatic N) is 1. The number of nitrogen functional groups attached to an aromatic ring is 1. The maximum atomic E-state index is 9.34. The number of H-pyrrole nitrogens is 1. The van der Waals surface area contributed by atoms with Crippen LogP contribution in [0.25, 0.3) is 22.3 Å². The number of aromatic nitrogens is 2. The third-order valence-corrected chi connectivity index (χ3v) is 2.41. The van der Waals surface area contributed by atoms with Crippen molar-refractivity contribution in [1.29, 1.82) is 0 Å². The normalized spacial score (nSPS) is 11.0. The van der Waals surface area contributed by atoms with Crippen molar-refractivity contribution in [1.82, 2.24) is 10.1 Å². The molecule has 0 saturated carbocycles. The van der Waals surface area contributed by atoms with Gasteiger partial charge in [0.2, 0.25) is 5.88 Å². The van der Waals surface area contributed by atoms with Crippen LogP contribution in [0, 0.1) is 0 Å². The van der Waals surface area contributed by atoms with Crippen molar-refractivity contribution in [2.75, 3.05) is 5.73 Å². The Morgan fingerprint density at radius 2 is 2.12 bits per heavy atom. The van der Waals surface area contributed by atoms with E-state index in [4.69, 9.17) is 10.3 Å². The molecule has 3 rings (SSSR count). The van der Waals surface area contributed by atoms with Crippen LogP contribution in [0.3, 0.4) is 0 Å². The number of rotatable bonds is 1. The first kappa shape index (κ1) is 8.84. The maximum absolute atomic E-state index is 9.34. The van der Waals surface area contributed by atoms with Crippen LogP contribution in [0.4, 0.5) is 5.88 Å². The number of nitrogens with one attached hydrogen (secondary N) is 1. The fraction of sp³-hybridized carbons (Fsp3) is 0. The molecule has 0 radical (unpaired) electrons. The smallest absolute Gasteiger partial charge is 0.222 e. The van der Waals surface area contributed by atoms with E-state index in [0.717, 1.165) is 16.6 Å². The average molecular weight is 215 g/mol. The van der Waals surface area contributed by atoms with Gasteiger partial charge in [-0.2, -0.15) is 0 Å². The minimum atomic E-state index is 0.223. The zero-order chi connectivity index (χ0) is 11.1. The van der Waals surface area contributed by atoms with E-state index in [-0.39, 0.29) is 11.6 Å². The molecule has 0 aliphatic carbocycles. The number of phenolic OH excluding ortho intramolecular Hbond substituents is 1. The number of anilines is 1. The Morgan fingerprint density at radius 3 is 2.88 bits per heavy atom. The molecule has 0 aliphatic rings. The van der Waals surface area contributed by atoms with E-state index in [1.165, 1.54) is 0 Å². The molecule has 0 amide bonds. The molecule has 2 aromatic heterocycles. The maximum Gasteiger partial charge on any atom is 0.222 e. The SMILES string of the molecule is Nc1cc(-c2cc3ccc(O)cc3[nH]2)no1. The first-order valence-electron chi connectivity index (χ1n) is 4.77. The van der Waals surface area contributed by atoms with Gasteiger partial charge in [0.25, 0.3) is 0 Å². The number of fused-ring (bicyclic) bond motifs is 1. The molecule has 5 nitrogen and oxygen atoms in total. The van der Waals surface area contributed by atoms with Crippen LogP contribution in [0.2, 0.25) is 0 Å². The molecule has 4 N–H and O–H groups in total. The van der Waals surface area contributed by atoms with Crippen molar-refractivity contribution in [3.8, 4) is 17.1 Å². The molecule has 80 valence electrons. The van der Waals surface area contributed by atoms with E-state index in [2.05, 4.69) is 10.1 Å². The summed E-state index contributed by atoms with van der Waals surface area (Å²) in [5, 5.41) is 14.1. The van der Waals surface area contributed by atoms with Gasteiger partial charge in [-0.3, -0.25) is 0 Å². The first-order chi connectivity index (χ1) is 7.72. The van der Waals surface area contributed by atoms with Crippen LogP contribution >= 0.6 is 0 Å². The minimum Gasteiger partial charge on any atom is -0.508 e. The summed E-state index contributed by atoms with van der Waals surface area (Å²) in [6.07, 6.45) is 0. The highest BCUT2D eigenvalue weighted by molar-refractivity contribution is 5.86. The number of nitrogens with two attached hydrogens (primary N) is 1. The topological polar surface area (TPSA) is 88.1 Å². The zero-order valence-electron chi connectivity index (χ0n) is 8.27. The van der Waals surface area contributed by atoms with Crippen molar-refractivity contribution < 1.29 is 9.63 Å². The predicted molar refractivity (Wildman–Crippen MR) is 59.9 cm³/mol. The quantitative estimate of drug-likeness (QED) is 0.580. The molecular formula is C11H9N3O2. The number of benzene rings is 1. The van der Waals surface area contributed by atoms with Crippen molar-refractivity contribution in [2.45, 2.75) is 0 Å². The summed E-state index contributed by atoms with van der Waals surface area (Å²) < 4.78 is 4.80. The lowest BCUT2D eigenvalue weighted by atomic mass is 10.2. The fourth-order valence-corrected chi connectivity index (χ4v) is 1.67. The molecule has 0 aliphatic heterocycles. The Morgan fingerprint density at radius 1 is 1.25 bits per heavy atom. The standard InChI is InChI=1S/C11H9N3O2/c12-11-5-10(14-16-11)9-3-6-1-2-7(15)4-8(6)13-9/h1-5,13,15H,12H2. The molecule has 0 unspecified atom stereocenters. The van der Waals surface area contributed by atoms with Gasteiger partial charge in [0.1, 0.15) is 11.4 Å². The monoisotopic (exact) mass is 215 g/mol. The summed E-state index contributed by atoms with van der Waals surface area (Å²) in [5.41, 5.74) is 7.75. The Hall–Kier alpha value is -2.43. The second kappa shape index (κ2) is 3.03. The lowest BCUT2D eigenvalue weighted by Gasteiger charge is -1.90. The van der Waals surface area contributed by atoms with Crippen molar-refractivity contribution in [3.63, 3.8) is 0 Å². The average Bonchev–Trinajstić information content (AvgIpc) is 2.83. The van der Waals surface area contributed by atoms with Gasteiger partial charge in [0.15, 0.2) is 0 Å². The molecule has 3 aromatic rings. The second-order valence-electron chi connectivity index (χ2n) is 3.57. The van der Waals surface area contributed by atoms with Gasteiger partial charge in [-0.15, -0.1) is 0 Å². The second-order valence-corrected chi connectivity index (χ2v) is 3.57. The highest BCUT2D eigenvalue weighted by atomic mass is 16.5. The van der Waals surface area contributed by atoms with E-state index in [9.17, 15) is 5.11 Å². The summed E-state index contributed by atoms with van der Waals surface area (Å²) in [7, 11) is 0. The number of aromatic hydroxyl groups is 1. The van der Waals surface area contributed by atoms with Crippen LogP contribution in [-0.4, -0.2) is 15.2 Å². The van der Waals surface area contributed by atoms with Crippen LogP contribution in [0.5, 0.6) is 5.75 Å². The van der Waals surface area contributed by atoms with Gasteiger partial charge >= 0.3 is 0 Å². The van der Waals surface area contributed by atoms with Gasteiger partial charge in [-0.05, 0) is 18.2 Å². The molecule has 2 heterocycles. The number of hydrogen-bond donors (Lipinski definition) is 3. The molecule has 0 saturated heterocycles. The van der Waals surface area contributed by atoms with E-state index in [0.29, 0.717) is 5.69 Å². The Kier molecular flexibility index (Phi) is 1.67.